The second-order valence-electron chi connectivity index (χ2n) is 9.72. The maximum absolute atomic E-state index is 12.0. The van der Waals surface area contributed by atoms with Gasteiger partial charge in [-0.25, -0.2) is 0 Å². The van der Waals surface area contributed by atoms with E-state index < -0.39 is 10.5 Å². The molecule has 6 rings (SSSR count). The van der Waals surface area contributed by atoms with E-state index in [2.05, 4.69) is 0 Å². The highest BCUT2D eigenvalue weighted by molar-refractivity contribution is 6.64. The highest BCUT2D eigenvalue weighted by Gasteiger charge is 2.26. The van der Waals surface area contributed by atoms with Crippen LogP contribution in [0.4, 0.5) is 0 Å². The third kappa shape index (κ3) is 5.47. The van der Waals surface area contributed by atoms with E-state index in [-0.39, 0.29) is 13.2 Å². The maximum Gasteiger partial charge on any atom is 0.259 e. The Hall–Kier alpha value is -4.64. The van der Waals surface area contributed by atoms with E-state index in [1.54, 1.807) is 0 Å². The van der Waals surface area contributed by atoms with Crippen LogP contribution in [0.25, 0.3) is 54.9 Å². The lowest BCUT2D eigenvalue weighted by Gasteiger charge is -2.23. The summed E-state index contributed by atoms with van der Waals surface area (Å²) < 4.78 is 12.6. The van der Waals surface area contributed by atoms with Crippen molar-refractivity contribution in [1.82, 2.24) is 0 Å². The fourth-order valence-corrected chi connectivity index (χ4v) is 5.48. The summed E-state index contributed by atoms with van der Waals surface area (Å²) in [5.74, 6) is 0.956. The number of rotatable bonds is 9. The van der Waals surface area contributed by atoms with E-state index in [4.69, 9.17) is 32.7 Å². The molecule has 0 aliphatic heterocycles. The predicted octanol–water partition coefficient (Wildman–Crippen LogP) is 9.28. The minimum Gasteiger partial charge on any atom is -0.483 e. The average Bonchev–Trinajstić information content (AvgIpc) is 3.02. The molecule has 0 aromatic heterocycles. The lowest BCUT2D eigenvalue weighted by atomic mass is 9.86. The minimum absolute atomic E-state index is 0.334. The summed E-state index contributed by atoms with van der Waals surface area (Å²) in [7, 11) is 0. The van der Waals surface area contributed by atoms with Crippen LogP contribution in [0.5, 0.6) is 11.5 Å². The molecule has 42 heavy (non-hydrogen) atoms. The van der Waals surface area contributed by atoms with Gasteiger partial charge in [-0.15, -0.1) is 0 Å². The highest BCUT2D eigenvalue weighted by Crippen LogP contribution is 2.52. The molecule has 0 heterocycles. The molecule has 6 aromatic rings. The van der Waals surface area contributed by atoms with Gasteiger partial charge in [0.1, 0.15) is 11.5 Å². The molecule has 0 fully saturated rings. The van der Waals surface area contributed by atoms with Crippen LogP contribution in [-0.4, -0.2) is 23.7 Å². The van der Waals surface area contributed by atoms with E-state index in [0.29, 0.717) is 11.5 Å². The van der Waals surface area contributed by atoms with Crippen LogP contribution in [0.1, 0.15) is 0 Å². The van der Waals surface area contributed by atoms with Crippen LogP contribution < -0.4 is 9.47 Å². The van der Waals surface area contributed by atoms with E-state index >= 15 is 0 Å². The SMILES string of the molecule is O=C(Cl)COc1c(-c2ccccc2)cc2ccccc2c1-c1c(OCC(=O)Cl)c(-c2ccccc2)cc2ccccc12. The standard InChI is InChI=1S/C36H24Cl2O4/c37-31(39)21-41-35-29(23-11-3-1-4-12-23)19-25-15-7-9-17-27(25)33(35)34-28-18-10-8-16-26(28)20-30(24-13-5-2-6-14-24)36(34)42-22-32(38)40/h1-20H,21-22H2. The zero-order valence-corrected chi connectivity index (χ0v) is 23.9. The third-order valence-electron chi connectivity index (χ3n) is 7.08. The smallest absolute Gasteiger partial charge is 0.259 e. The summed E-state index contributed by atoms with van der Waals surface area (Å²) in [5, 5.41) is 2.44. The lowest BCUT2D eigenvalue weighted by Crippen LogP contribution is -2.09. The van der Waals surface area contributed by atoms with E-state index in [0.717, 1.165) is 54.9 Å². The molecule has 0 aliphatic rings. The molecule has 0 radical (unpaired) electrons. The summed E-state index contributed by atoms with van der Waals surface area (Å²) in [6, 6.07) is 39.7. The Bertz CT molecular complexity index is 1790. The molecule has 0 aliphatic carbocycles. The molecule has 4 nitrogen and oxygen atoms in total. The number of hydrogen-bond donors (Lipinski definition) is 0. The van der Waals surface area contributed by atoms with Gasteiger partial charge in [-0.3, -0.25) is 9.59 Å². The highest BCUT2D eigenvalue weighted by atomic mass is 35.5. The fourth-order valence-electron chi connectivity index (χ4n) is 5.38. The predicted molar refractivity (Wildman–Crippen MR) is 170 cm³/mol. The third-order valence-corrected chi connectivity index (χ3v) is 7.30. The largest absolute Gasteiger partial charge is 0.483 e. The number of carbonyl (C=O) groups is 2. The molecule has 0 unspecified atom stereocenters. The number of benzene rings is 6. The van der Waals surface area contributed by atoms with Crippen LogP contribution in [0.3, 0.4) is 0 Å². The zero-order chi connectivity index (χ0) is 29.1. The normalized spacial score (nSPS) is 11.0. The Morgan fingerprint density at radius 3 is 1.24 bits per heavy atom. The number of halogens is 2. The van der Waals surface area contributed by atoms with Crippen LogP contribution >= 0.6 is 23.2 Å². The minimum atomic E-state index is -0.625. The molecule has 0 atom stereocenters. The molecule has 0 spiro atoms. The van der Waals surface area contributed by atoms with Crippen molar-refractivity contribution in [3.8, 4) is 44.9 Å². The lowest BCUT2D eigenvalue weighted by molar-refractivity contribution is -0.114. The van der Waals surface area contributed by atoms with Crippen LogP contribution in [0.2, 0.25) is 0 Å². The molecule has 0 amide bonds. The van der Waals surface area contributed by atoms with Crippen LogP contribution in [-0.2, 0) is 9.59 Å². The van der Waals surface area contributed by atoms with Crippen LogP contribution in [0, 0.1) is 0 Å². The van der Waals surface area contributed by atoms with Crippen molar-refractivity contribution < 1.29 is 19.1 Å². The first-order valence-corrected chi connectivity index (χ1v) is 14.1. The van der Waals surface area contributed by atoms with Gasteiger partial charge < -0.3 is 9.47 Å². The summed E-state index contributed by atoms with van der Waals surface area (Å²) >= 11 is 11.6. The van der Waals surface area contributed by atoms with Gasteiger partial charge >= 0.3 is 0 Å². The molecule has 0 saturated carbocycles. The number of ether oxygens (including phenoxy) is 2. The Morgan fingerprint density at radius 1 is 0.500 bits per heavy atom. The second-order valence-corrected chi connectivity index (χ2v) is 10.6. The van der Waals surface area contributed by atoms with Crippen molar-refractivity contribution >= 4 is 55.2 Å². The zero-order valence-electron chi connectivity index (χ0n) is 22.4. The Kier molecular flexibility index (Phi) is 7.91. The summed E-state index contributed by atoms with van der Waals surface area (Å²) in [6.45, 7) is -0.668. The van der Waals surface area contributed by atoms with Gasteiger partial charge in [0, 0.05) is 22.3 Å². The monoisotopic (exact) mass is 590 g/mol. The van der Waals surface area contributed by atoms with Gasteiger partial charge in [-0.2, -0.15) is 0 Å². The molecule has 0 saturated heterocycles. The van der Waals surface area contributed by atoms with Crippen molar-refractivity contribution in [2.45, 2.75) is 0 Å². The number of fused-ring (bicyclic) bond motifs is 2. The van der Waals surface area contributed by atoms with Crippen molar-refractivity contribution in [3.05, 3.63) is 121 Å². The fraction of sp³-hybridized carbons (Fsp3) is 0.0556. The summed E-state index contributed by atoms with van der Waals surface area (Å²) in [6.07, 6.45) is 0. The number of hydrogen-bond acceptors (Lipinski definition) is 4. The average molecular weight is 591 g/mol. The van der Waals surface area contributed by atoms with Gasteiger partial charge in [0.05, 0.1) is 0 Å². The van der Waals surface area contributed by atoms with Gasteiger partial charge in [0.15, 0.2) is 13.2 Å². The van der Waals surface area contributed by atoms with E-state index in [9.17, 15) is 9.59 Å². The van der Waals surface area contributed by atoms with Crippen molar-refractivity contribution in [3.63, 3.8) is 0 Å². The molecule has 0 N–H and O–H groups in total. The Labute approximate surface area is 253 Å². The Morgan fingerprint density at radius 2 is 0.857 bits per heavy atom. The van der Waals surface area contributed by atoms with Crippen molar-refractivity contribution in [2.24, 2.45) is 0 Å². The van der Waals surface area contributed by atoms with Crippen LogP contribution in [0.15, 0.2) is 121 Å². The first kappa shape index (κ1) is 27.5. The molecule has 6 heteroatoms. The molecular formula is C36H24Cl2O4. The maximum atomic E-state index is 12.0. The van der Waals surface area contributed by atoms with E-state index in [1.165, 1.54) is 0 Å². The van der Waals surface area contributed by atoms with Crippen molar-refractivity contribution in [2.75, 3.05) is 13.2 Å². The quantitative estimate of drug-likeness (QED) is 0.157. The molecule has 206 valence electrons. The number of carbonyl (C=O) groups excluding carboxylic acids is 2. The summed E-state index contributed by atoms with van der Waals surface area (Å²) in [5.41, 5.74) is 4.82. The topological polar surface area (TPSA) is 52.6 Å². The Balaban J connectivity index is 1.81. The molecule has 0 bridgehead atoms. The summed E-state index contributed by atoms with van der Waals surface area (Å²) in [4.78, 5) is 24.1. The molecular weight excluding hydrogens is 567 g/mol. The first-order chi connectivity index (χ1) is 20.5. The van der Waals surface area contributed by atoms with Gasteiger partial charge in [-0.1, -0.05) is 109 Å². The van der Waals surface area contributed by atoms with Gasteiger partial charge in [-0.05, 0) is 68.0 Å². The second kappa shape index (κ2) is 12.1. The van der Waals surface area contributed by atoms with Gasteiger partial charge in [0.2, 0.25) is 0 Å². The van der Waals surface area contributed by atoms with Gasteiger partial charge in [0.25, 0.3) is 10.5 Å². The van der Waals surface area contributed by atoms with Crippen molar-refractivity contribution in [1.29, 1.82) is 0 Å². The first-order valence-electron chi connectivity index (χ1n) is 13.4. The van der Waals surface area contributed by atoms with E-state index in [1.807, 2.05) is 121 Å². The molecule has 6 aromatic carbocycles.